The van der Waals surface area contributed by atoms with Crippen LogP contribution in [-0.2, 0) is 50.5 Å². The smallest absolute Gasteiger partial charge is 0.399 e. The molecule has 1 fully saturated rings. The molecule has 1 aliphatic rings. The molecule has 468 valence electrons. The van der Waals surface area contributed by atoms with E-state index in [9.17, 15) is 31.2 Å². The monoisotopic (exact) mass is 1340 g/mol. The number of hydrogen-bond acceptors (Lipinski definition) is 12. The minimum absolute atomic E-state index is 0.0128. The summed E-state index contributed by atoms with van der Waals surface area (Å²) in [5.74, 6) is 0. The maximum absolute atomic E-state index is 13.3. The average Bonchev–Trinajstić information content (AvgIpc) is 1.63. The Hall–Kier alpha value is -9.84. The first-order valence-electron chi connectivity index (χ1n) is 29.6. The first-order valence-corrected chi connectivity index (χ1v) is 33.3. The number of aromatic amines is 1. The number of rotatable bonds is 7. The highest BCUT2D eigenvalue weighted by Crippen LogP contribution is 2.38. The molecule has 0 bridgehead atoms. The van der Waals surface area contributed by atoms with E-state index in [-0.39, 0.29) is 31.9 Å². The first-order chi connectivity index (χ1) is 44.3. The lowest BCUT2D eigenvalue weighted by Gasteiger charge is -2.32. The molecule has 5 aromatic carbocycles. The van der Waals surface area contributed by atoms with Crippen LogP contribution in [0.15, 0.2) is 242 Å². The highest BCUT2D eigenvalue weighted by Gasteiger charge is 2.52. The van der Waals surface area contributed by atoms with Crippen molar-refractivity contribution in [3.63, 3.8) is 0 Å². The number of hydrogen-bond donors (Lipinski definition) is 1. The van der Waals surface area contributed by atoms with Crippen LogP contribution >= 0.6 is 15.9 Å². The molecule has 0 amide bonds. The van der Waals surface area contributed by atoms with E-state index < -0.39 is 43.9 Å². The van der Waals surface area contributed by atoms with Crippen molar-refractivity contribution in [1.29, 1.82) is 0 Å². The maximum atomic E-state index is 13.3. The van der Waals surface area contributed by atoms with E-state index in [1.165, 1.54) is 26.9 Å². The van der Waals surface area contributed by atoms with E-state index >= 15 is 0 Å². The van der Waals surface area contributed by atoms with Gasteiger partial charge in [-0.3, -0.25) is 29.3 Å². The fraction of sp³-hybridized carbons (Fsp3) is 0.155. The summed E-state index contributed by atoms with van der Waals surface area (Å²) < 4.78 is 73.1. The van der Waals surface area contributed by atoms with Crippen molar-refractivity contribution in [2.45, 2.75) is 62.5 Å². The fourth-order valence-corrected chi connectivity index (χ4v) is 14.2. The van der Waals surface area contributed by atoms with Gasteiger partial charge >= 0.3 is 7.12 Å². The van der Waals surface area contributed by atoms with Crippen molar-refractivity contribution < 1.29 is 26.1 Å². The molecular formula is C71H63BBrN9O9S2. The molecule has 0 aliphatic carbocycles. The Morgan fingerprint density at radius 3 is 1.40 bits per heavy atom. The second-order valence-electron chi connectivity index (χ2n) is 23.8. The van der Waals surface area contributed by atoms with Gasteiger partial charge in [0.2, 0.25) is 0 Å². The Labute approximate surface area is 544 Å². The van der Waals surface area contributed by atoms with Crippen LogP contribution in [0.5, 0.6) is 0 Å². The molecule has 1 saturated heterocycles. The molecule has 14 aromatic rings. The third kappa shape index (κ3) is 12.1. The van der Waals surface area contributed by atoms with E-state index in [1.54, 1.807) is 124 Å². The number of aromatic nitrogens is 9. The minimum Gasteiger partial charge on any atom is -0.399 e. The lowest BCUT2D eigenvalue weighted by atomic mass is 9.78. The van der Waals surface area contributed by atoms with Gasteiger partial charge in [0.05, 0.1) is 37.5 Å². The van der Waals surface area contributed by atoms with Gasteiger partial charge in [-0.05, 0) is 156 Å². The van der Waals surface area contributed by atoms with Crippen LogP contribution in [0.1, 0.15) is 38.8 Å². The predicted octanol–water partition coefficient (Wildman–Crippen LogP) is 12.4. The summed E-state index contributed by atoms with van der Waals surface area (Å²) in [6, 6.07) is 48.2. The molecular weight excluding hydrogens is 1280 g/mol. The van der Waals surface area contributed by atoms with Gasteiger partial charge in [-0.1, -0.05) is 81.7 Å². The Kier molecular flexibility index (Phi) is 16.8. The number of nitrogens with zero attached hydrogens (tertiary/aromatic N) is 8. The van der Waals surface area contributed by atoms with Crippen LogP contribution < -0.4 is 22.1 Å². The van der Waals surface area contributed by atoms with Gasteiger partial charge in [0.25, 0.3) is 36.7 Å². The number of H-pyrrole nitrogens is 1. The van der Waals surface area contributed by atoms with E-state index in [0.717, 1.165) is 78.5 Å². The zero-order valence-corrected chi connectivity index (χ0v) is 55.5. The molecule has 0 radical (unpaired) electrons. The van der Waals surface area contributed by atoms with Gasteiger partial charge in [-0.2, -0.15) is 0 Å². The topological polar surface area (TPSA) is 217 Å². The summed E-state index contributed by atoms with van der Waals surface area (Å²) in [5, 5.41) is 5.25. The van der Waals surface area contributed by atoms with Crippen LogP contribution in [0, 0.1) is 13.8 Å². The highest BCUT2D eigenvalue weighted by molar-refractivity contribution is 9.10. The molecule has 1 aliphatic heterocycles. The van der Waals surface area contributed by atoms with Gasteiger partial charge in [0.1, 0.15) is 16.6 Å². The lowest BCUT2D eigenvalue weighted by Crippen LogP contribution is -2.41. The molecule has 1 N–H and O–H groups in total. The molecule has 0 spiro atoms. The van der Waals surface area contributed by atoms with Crippen molar-refractivity contribution in [3.8, 4) is 22.3 Å². The molecule has 0 atom stereocenters. The van der Waals surface area contributed by atoms with Crippen LogP contribution in [0.3, 0.4) is 0 Å². The number of nitrogens with one attached hydrogen (secondary N) is 1. The molecule has 22 heteroatoms. The van der Waals surface area contributed by atoms with Crippen molar-refractivity contribution in [3.05, 3.63) is 260 Å². The number of pyridine rings is 6. The van der Waals surface area contributed by atoms with E-state index in [0.29, 0.717) is 21.8 Å². The molecule has 18 nitrogen and oxygen atoms in total. The summed E-state index contributed by atoms with van der Waals surface area (Å²) in [5.41, 5.74) is 8.10. The van der Waals surface area contributed by atoms with Crippen LogP contribution in [0.25, 0.3) is 87.7 Å². The zero-order valence-electron chi connectivity index (χ0n) is 52.2. The summed E-state index contributed by atoms with van der Waals surface area (Å²) >= 11 is 3.40. The van der Waals surface area contributed by atoms with Gasteiger partial charge in [0.15, 0.2) is 0 Å². The van der Waals surface area contributed by atoms with Crippen molar-refractivity contribution >= 4 is 114 Å². The summed E-state index contributed by atoms with van der Waals surface area (Å²) in [4.78, 5) is 54.2. The molecule has 15 rings (SSSR count). The van der Waals surface area contributed by atoms with Gasteiger partial charge < -0.3 is 28.0 Å². The normalized spacial score (nSPS) is 13.6. The van der Waals surface area contributed by atoms with E-state index in [1.807, 2.05) is 133 Å². The average molecular weight is 1340 g/mol. The fourth-order valence-electron chi connectivity index (χ4n) is 11.2. The standard InChI is InChI=1S/C24H19N3O3S.C21H25BN2O5S.C17H13N3O.C9H6BrN/c1-16-5-8-19(9-6-16)31(29,30)27-13-11-20-21(15-26(2)24(28)23(20)27)17-7-10-22-18(14-17)4-3-12-25-22;1-14-7-9-15(10-8-14)30(26,27)24-12-11-16-17(13-23(6)19(25)18(16)24)22-28-20(2,3)21(4,5)29-22;1-20-10-14(13-6-8-19-16(13)17(20)21)11-4-5-15-12(9-11)3-2-7-18-15;10-8-3-4-9-7(6-8)2-1-5-11-9/h3-15H,1-2H3;7-13H,1-6H3;2-10,19H,1H3;1-6H. The Balaban J connectivity index is 0.000000125. The van der Waals surface area contributed by atoms with Crippen molar-refractivity contribution in [2.24, 2.45) is 21.1 Å². The number of halogens is 1. The van der Waals surface area contributed by atoms with Gasteiger partial charge in [-0.15, -0.1) is 0 Å². The van der Waals surface area contributed by atoms with Crippen molar-refractivity contribution in [1.82, 2.24) is 41.6 Å². The Morgan fingerprint density at radius 1 is 0.484 bits per heavy atom. The Morgan fingerprint density at radius 2 is 0.903 bits per heavy atom. The van der Waals surface area contributed by atoms with Gasteiger partial charge in [-0.25, -0.2) is 24.8 Å². The Bertz CT molecular complexity index is 5670. The largest absolute Gasteiger partial charge is 0.497 e. The number of fused-ring (bicyclic) bond motifs is 6. The number of benzene rings is 5. The summed E-state index contributed by atoms with van der Waals surface area (Å²) in [6.45, 7) is 11.5. The first kappa shape index (κ1) is 63.3. The maximum Gasteiger partial charge on any atom is 0.497 e. The van der Waals surface area contributed by atoms with Crippen LogP contribution in [-0.4, -0.2) is 76.7 Å². The molecule has 10 heterocycles. The molecule has 93 heavy (non-hydrogen) atoms. The third-order valence-corrected chi connectivity index (χ3v) is 20.8. The minimum atomic E-state index is -3.94. The van der Waals surface area contributed by atoms with Crippen LogP contribution in [0.2, 0.25) is 0 Å². The SMILES string of the molecule is Brc1ccc2ncccc2c1.Cc1ccc(S(=O)(=O)n2ccc3c(-c4ccc5ncccc5c4)cn(C)c(=O)c32)cc1.Cc1ccc(S(=O)(=O)n2ccc3c(B4OC(C)(C)C(C)(C)O4)cn(C)c(=O)c32)cc1.Cn1cc(-c2ccc3ncccc3c2)c2cc[nH]c2c1=O. The van der Waals surface area contributed by atoms with Crippen molar-refractivity contribution in [2.75, 3.05) is 0 Å². The summed E-state index contributed by atoms with van der Waals surface area (Å²) in [6.07, 6.45) is 15.3. The predicted molar refractivity (Wildman–Crippen MR) is 372 cm³/mol. The van der Waals surface area contributed by atoms with E-state index in [2.05, 4.69) is 48.0 Å². The lowest BCUT2D eigenvalue weighted by molar-refractivity contribution is 0.00578. The quantitative estimate of drug-likeness (QED) is 0.147. The van der Waals surface area contributed by atoms with E-state index in [4.69, 9.17) is 9.31 Å². The van der Waals surface area contributed by atoms with Gasteiger partial charge in [0, 0.05) is 130 Å². The zero-order chi connectivity index (χ0) is 65.9. The number of aryl methyl sites for hydroxylation is 5. The third-order valence-electron chi connectivity index (χ3n) is 17.0. The van der Waals surface area contributed by atoms with Crippen LogP contribution in [0.4, 0.5) is 0 Å². The second kappa shape index (κ2) is 24.7. The highest BCUT2D eigenvalue weighted by atomic mass is 79.9. The second-order valence-corrected chi connectivity index (χ2v) is 28.4. The molecule has 0 saturated carbocycles. The summed E-state index contributed by atoms with van der Waals surface area (Å²) in [7, 11) is -3.59. The molecule has 9 aromatic heterocycles. The molecule has 0 unspecified atom stereocenters.